The van der Waals surface area contributed by atoms with E-state index in [1.54, 1.807) is 7.11 Å². The van der Waals surface area contributed by atoms with Crippen LogP contribution in [0.25, 0.3) is 0 Å². The molecule has 3 N–H and O–H groups in total. The monoisotopic (exact) mass is 276 g/mol. The number of ether oxygens (including phenoxy) is 1. The molecule has 1 fully saturated rings. The van der Waals surface area contributed by atoms with Crippen LogP contribution in [0, 0.1) is 12.8 Å². The number of methoxy groups -OCH3 is 1. The van der Waals surface area contributed by atoms with E-state index < -0.39 is 0 Å². The summed E-state index contributed by atoms with van der Waals surface area (Å²) in [6.07, 6.45) is 3.83. The molecule has 20 heavy (non-hydrogen) atoms. The number of hydrogen-bond donors (Lipinski definition) is 2. The Morgan fingerprint density at radius 3 is 2.65 bits per heavy atom. The molecule has 4 heteroatoms. The molecule has 1 aromatic rings. The average Bonchev–Trinajstić information content (AvgIpc) is 2.45. The van der Waals surface area contributed by atoms with Crippen LogP contribution in [0.15, 0.2) is 18.2 Å². The van der Waals surface area contributed by atoms with Gasteiger partial charge in [0.05, 0.1) is 7.11 Å². The Kier molecular flexibility index (Phi) is 5.01. The van der Waals surface area contributed by atoms with Crippen LogP contribution in [-0.4, -0.2) is 19.1 Å². The second-order valence-corrected chi connectivity index (χ2v) is 5.65. The summed E-state index contributed by atoms with van der Waals surface area (Å²) < 4.78 is 5.39. The van der Waals surface area contributed by atoms with Gasteiger partial charge in [0.15, 0.2) is 0 Å². The number of hydrogen-bond acceptors (Lipinski definition) is 3. The molecule has 1 aromatic carbocycles. The minimum absolute atomic E-state index is 0.0709. The molecular weight excluding hydrogens is 252 g/mol. The number of rotatable bonds is 5. The molecule has 0 spiro atoms. The molecule has 0 heterocycles. The average molecular weight is 276 g/mol. The van der Waals surface area contributed by atoms with Crippen LogP contribution < -0.4 is 15.8 Å². The summed E-state index contributed by atoms with van der Waals surface area (Å²) in [6, 6.07) is 6.69. The van der Waals surface area contributed by atoms with Crippen molar-refractivity contribution >= 4 is 5.91 Å². The predicted octanol–water partition coefficient (Wildman–Crippen LogP) is 2.14. The number of primary amides is 1. The normalized spacial score (nSPS) is 22.5. The summed E-state index contributed by atoms with van der Waals surface area (Å²) >= 11 is 0. The highest BCUT2D eigenvalue weighted by Crippen LogP contribution is 2.25. The first-order valence-corrected chi connectivity index (χ1v) is 7.26. The third kappa shape index (κ3) is 3.73. The lowest BCUT2D eigenvalue weighted by Gasteiger charge is -2.27. The van der Waals surface area contributed by atoms with E-state index in [1.165, 1.54) is 11.1 Å². The van der Waals surface area contributed by atoms with Crippen molar-refractivity contribution in [1.82, 2.24) is 5.32 Å². The van der Waals surface area contributed by atoms with Gasteiger partial charge in [-0.2, -0.15) is 0 Å². The molecule has 4 nitrogen and oxygen atoms in total. The van der Waals surface area contributed by atoms with Gasteiger partial charge in [0.25, 0.3) is 0 Å². The molecule has 2 rings (SSSR count). The van der Waals surface area contributed by atoms with Crippen molar-refractivity contribution in [2.24, 2.45) is 11.7 Å². The van der Waals surface area contributed by atoms with E-state index in [0.717, 1.165) is 38.0 Å². The van der Waals surface area contributed by atoms with Crippen molar-refractivity contribution in [2.75, 3.05) is 7.11 Å². The highest BCUT2D eigenvalue weighted by atomic mass is 16.5. The Hall–Kier alpha value is -1.55. The first kappa shape index (κ1) is 14.9. The first-order valence-electron chi connectivity index (χ1n) is 7.26. The zero-order valence-corrected chi connectivity index (χ0v) is 12.3. The maximum atomic E-state index is 11.1. The topological polar surface area (TPSA) is 64.3 Å². The zero-order chi connectivity index (χ0) is 14.5. The third-order valence-corrected chi connectivity index (χ3v) is 4.15. The van der Waals surface area contributed by atoms with Crippen LogP contribution in [0.2, 0.25) is 0 Å². The fourth-order valence-corrected chi connectivity index (χ4v) is 2.88. The van der Waals surface area contributed by atoms with E-state index in [0.29, 0.717) is 6.04 Å². The lowest BCUT2D eigenvalue weighted by Crippen LogP contribution is -2.36. The van der Waals surface area contributed by atoms with Crippen molar-refractivity contribution in [1.29, 1.82) is 0 Å². The molecule has 0 bridgehead atoms. The van der Waals surface area contributed by atoms with E-state index in [4.69, 9.17) is 10.5 Å². The molecule has 1 aliphatic carbocycles. The van der Waals surface area contributed by atoms with Gasteiger partial charge in [-0.3, -0.25) is 4.79 Å². The van der Waals surface area contributed by atoms with Crippen molar-refractivity contribution in [2.45, 2.75) is 45.2 Å². The summed E-state index contributed by atoms with van der Waals surface area (Å²) in [7, 11) is 1.70. The summed E-state index contributed by atoms with van der Waals surface area (Å²) in [5.41, 5.74) is 7.78. The maximum Gasteiger partial charge on any atom is 0.220 e. The molecule has 1 saturated carbocycles. The van der Waals surface area contributed by atoms with Gasteiger partial charge in [0.2, 0.25) is 5.91 Å². The number of benzene rings is 1. The van der Waals surface area contributed by atoms with Crippen LogP contribution in [0.1, 0.15) is 36.8 Å². The molecule has 0 atom stereocenters. The molecule has 1 amide bonds. The van der Waals surface area contributed by atoms with Gasteiger partial charge < -0.3 is 15.8 Å². The second kappa shape index (κ2) is 6.75. The Labute approximate surface area is 120 Å². The van der Waals surface area contributed by atoms with Crippen molar-refractivity contribution in [3.63, 3.8) is 0 Å². The summed E-state index contributed by atoms with van der Waals surface area (Å²) in [5.74, 6) is 0.847. The standard InChI is InChI=1S/C16H24N2O2/c1-11-3-8-15(20-2)13(9-11)10-18-14-6-4-12(5-7-14)16(17)19/h3,8-9,12,14,18H,4-7,10H2,1-2H3,(H2,17,19). The first-order chi connectivity index (χ1) is 9.60. The largest absolute Gasteiger partial charge is 0.496 e. The van der Waals surface area contributed by atoms with Crippen LogP contribution in [0.3, 0.4) is 0 Å². The van der Waals surface area contributed by atoms with E-state index in [-0.39, 0.29) is 11.8 Å². The molecule has 0 unspecified atom stereocenters. The van der Waals surface area contributed by atoms with Gasteiger partial charge in [-0.1, -0.05) is 17.7 Å². The van der Waals surface area contributed by atoms with E-state index in [2.05, 4.69) is 24.4 Å². The van der Waals surface area contributed by atoms with Crippen LogP contribution in [0.4, 0.5) is 0 Å². The fourth-order valence-electron chi connectivity index (χ4n) is 2.88. The quantitative estimate of drug-likeness (QED) is 0.866. The minimum atomic E-state index is -0.149. The Bertz CT molecular complexity index is 466. The second-order valence-electron chi connectivity index (χ2n) is 5.65. The van der Waals surface area contributed by atoms with Crippen LogP contribution in [0.5, 0.6) is 5.75 Å². The number of aryl methyl sites for hydroxylation is 1. The molecule has 0 radical (unpaired) electrons. The van der Waals surface area contributed by atoms with E-state index >= 15 is 0 Å². The smallest absolute Gasteiger partial charge is 0.220 e. The van der Waals surface area contributed by atoms with Gasteiger partial charge in [0, 0.05) is 24.1 Å². The Morgan fingerprint density at radius 1 is 1.35 bits per heavy atom. The van der Waals surface area contributed by atoms with Crippen LogP contribution in [-0.2, 0) is 11.3 Å². The van der Waals surface area contributed by atoms with E-state index in [9.17, 15) is 4.79 Å². The van der Waals surface area contributed by atoms with Gasteiger partial charge in [-0.25, -0.2) is 0 Å². The number of nitrogens with two attached hydrogens (primary N) is 1. The zero-order valence-electron chi connectivity index (χ0n) is 12.3. The highest BCUT2D eigenvalue weighted by Gasteiger charge is 2.24. The lowest BCUT2D eigenvalue weighted by atomic mass is 9.85. The summed E-state index contributed by atoms with van der Waals surface area (Å²) in [6.45, 7) is 2.89. The predicted molar refractivity (Wildman–Crippen MR) is 79.5 cm³/mol. The number of carbonyl (C=O) groups is 1. The number of carbonyl (C=O) groups excluding carboxylic acids is 1. The van der Waals surface area contributed by atoms with Crippen molar-refractivity contribution in [3.8, 4) is 5.75 Å². The third-order valence-electron chi connectivity index (χ3n) is 4.15. The summed E-state index contributed by atoms with van der Waals surface area (Å²) in [5, 5.41) is 3.57. The Balaban J connectivity index is 1.87. The molecular formula is C16H24N2O2. The highest BCUT2D eigenvalue weighted by molar-refractivity contribution is 5.76. The summed E-state index contributed by atoms with van der Waals surface area (Å²) in [4.78, 5) is 11.1. The van der Waals surface area contributed by atoms with Crippen LogP contribution >= 0.6 is 0 Å². The van der Waals surface area contributed by atoms with E-state index in [1.807, 2.05) is 6.07 Å². The van der Waals surface area contributed by atoms with Gasteiger partial charge >= 0.3 is 0 Å². The lowest BCUT2D eigenvalue weighted by molar-refractivity contribution is -0.122. The van der Waals surface area contributed by atoms with Crippen molar-refractivity contribution in [3.05, 3.63) is 29.3 Å². The Morgan fingerprint density at radius 2 is 2.05 bits per heavy atom. The molecule has 1 aliphatic rings. The molecule has 0 aliphatic heterocycles. The molecule has 0 aromatic heterocycles. The number of amides is 1. The van der Waals surface area contributed by atoms with Gasteiger partial charge in [0.1, 0.15) is 5.75 Å². The molecule has 110 valence electrons. The van der Waals surface area contributed by atoms with Gasteiger partial charge in [-0.15, -0.1) is 0 Å². The minimum Gasteiger partial charge on any atom is -0.496 e. The SMILES string of the molecule is COc1ccc(C)cc1CNC1CCC(C(N)=O)CC1. The fraction of sp³-hybridized carbons (Fsp3) is 0.562. The molecule has 0 saturated heterocycles. The number of nitrogens with one attached hydrogen (secondary N) is 1. The van der Waals surface area contributed by atoms with Gasteiger partial charge in [-0.05, 0) is 38.7 Å². The van der Waals surface area contributed by atoms with Crippen molar-refractivity contribution < 1.29 is 9.53 Å². The maximum absolute atomic E-state index is 11.1.